The van der Waals surface area contributed by atoms with Crippen LogP contribution >= 0.6 is 11.8 Å². The van der Waals surface area contributed by atoms with Gasteiger partial charge in [-0.25, -0.2) is 0 Å². The average molecular weight is 464 g/mol. The molecule has 3 aromatic rings. The number of halogens is 3. The van der Waals surface area contributed by atoms with E-state index < -0.39 is 17.6 Å². The zero-order valence-corrected chi connectivity index (χ0v) is 18.0. The molecule has 32 heavy (non-hydrogen) atoms. The summed E-state index contributed by atoms with van der Waals surface area (Å²) in [6.07, 6.45) is -4.69. The third-order valence-electron chi connectivity index (χ3n) is 4.46. The van der Waals surface area contributed by atoms with E-state index in [1.807, 2.05) is 0 Å². The largest absolute Gasteiger partial charge is 0.497 e. The number of carbonyl (C=O) groups is 2. The molecule has 0 spiro atoms. The standard InChI is InChI=1S/C21H19F3N4O3S/c1-28-18(11-19(30)25-15-5-3-4-14(10-15)21(22,23)24)26-27-20(28)32-12-17(29)13-6-8-16(31-2)9-7-13/h3-10H,11-12H2,1-2H3,(H,25,30). The Morgan fingerprint density at radius 2 is 1.84 bits per heavy atom. The molecule has 1 heterocycles. The van der Waals surface area contributed by atoms with Crippen molar-refractivity contribution >= 4 is 29.1 Å². The number of alkyl halides is 3. The summed E-state index contributed by atoms with van der Waals surface area (Å²) in [6.45, 7) is 0. The quantitative estimate of drug-likeness (QED) is 0.401. The van der Waals surface area contributed by atoms with Gasteiger partial charge in [-0.1, -0.05) is 17.8 Å². The van der Waals surface area contributed by atoms with Crippen molar-refractivity contribution in [1.82, 2.24) is 14.8 Å². The van der Waals surface area contributed by atoms with Crippen molar-refractivity contribution in [3.05, 3.63) is 65.5 Å². The van der Waals surface area contributed by atoms with Crippen LogP contribution in [0, 0.1) is 0 Å². The number of nitrogens with one attached hydrogen (secondary N) is 1. The zero-order valence-electron chi connectivity index (χ0n) is 17.1. The summed E-state index contributed by atoms with van der Waals surface area (Å²) in [6, 6.07) is 11.1. The molecule has 11 heteroatoms. The molecule has 1 N–H and O–H groups in total. The number of anilines is 1. The molecule has 0 radical (unpaired) electrons. The van der Waals surface area contributed by atoms with E-state index in [0.29, 0.717) is 22.3 Å². The number of methoxy groups -OCH3 is 1. The maximum Gasteiger partial charge on any atom is 0.416 e. The van der Waals surface area contributed by atoms with Gasteiger partial charge in [-0.2, -0.15) is 13.2 Å². The highest BCUT2D eigenvalue weighted by atomic mass is 32.2. The summed E-state index contributed by atoms with van der Waals surface area (Å²) >= 11 is 1.17. The molecule has 0 saturated carbocycles. The van der Waals surface area contributed by atoms with Crippen LogP contribution in [0.15, 0.2) is 53.7 Å². The van der Waals surface area contributed by atoms with Gasteiger partial charge < -0.3 is 14.6 Å². The van der Waals surface area contributed by atoms with E-state index in [2.05, 4.69) is 15.5 Å². The van der Waals surface area contributed by atoms with Gasteiger partial charge >= 0.3 is 6.18 Å². The number of ketones is 1. The number of benzene rings is 2. The second kappa shape index (κ2) is 9.86. The van der Waals surface area contributed by atoms with E-state index in [-0.39, 0.29) is 23.6 Å². The lowest BCUT2D eigenvalue weighted by atomic mass is 10.1. The van der Waals surface area contributed by atoms with Crippen LogP contribution in [-0.4, -0.2) is 39.3 Å². The normalized spacial score (nSPS) is 11.3. The zero-order chi connectivity index (χ0) is 23.3. The van der Waals surface area contributed by atoms with Gasteiger partial charge in [-0.3, -0.25) is 9.59 Å². The minimum Gasteiger partial charge on any atom is -0.497 e. The molecular weight excluding hydrogens is 445 g/mol. The number of carbonyl (C=O) groups excluding carboxylic acids is 2. The fraction of sp³-hybridized carbons (Fsp3) is 0.238. The fourth-order valence-electron chi connectivity index (χ4n) is 2.74. The second-order valence-corrected chi connectivity index (χ2v) is 7.64. The van der Waals surface area contributed by atoms with Gasteiger partial charge in [-0.05, 0) is 42.5 Å². The molecule has 0 atom stereocenters. The van der Waals surface area contributed by atoms with Crippen LogP contribution in [0.3, 0.4) is 0 Å². The van der Waals surface area contributed by atoms with E-state index >= 15 is 0 Å². The first-order chi connectivity index (χ1) is 15.2. The number of rotatable bonds is 8. The Bertz CT molecular complexity index is 1110. The Kier molecular flexibility index (Phi) is 7.18. The smallest absolute Gasteiger partial charge is 0.416 e. The predicted molar refractivity (Wildman–Crippen MR) is 113 cm³/mol. The van der Waals surface area contributed by atoms with Gasteiger partial charge in [0.25, 0.3) is 0 Å². The molecule has 0 aliphatic heterocycles. The lowest BCUT2D eigenvalue weighted by Gasteiger charge is -2.10. The summed E-state index contributed by atoms with van der Waals surface area (Å²) < 4.78 is 45.1. The highest BCUT2D eigenvalue weighted by molar-refractivity contribution is 7.99. The third kappa shape index (κ3) is 5.88. The molecule has 0 unspecified atom stereocenters. The second-order valence-electron chi connectivity index (χ2n) is 6.70. The van der Waals surface area contributed by atoms with Gasteiger partial charge in [0.1, 0.15) is 11.6 Å². The van der Waals surface area contributed by atoms with Crippen molar-refractivity contribution in [2.24, 2.45) is 7.05 Å². The Morgan fingerprint density at radius 3 is 2.50 bits per heavy atom. The van der Waals surface area contributed by atoms with Crippen molar-refractivity contribution < 1.29 is 27.5 Å². The van der Waals surface area contributed by atoms with Crippen LogP contribution < -0.4 is 10.1 Å². The number of amides is 1. The average Bonchev–Trinajstić information content (AvgIpc) is 3.10. The summed E-state index contributed by atoms with van der Waals surface area (Å²) in [4.78, 5) is 24.6. The van der Waals surface area contributed by atoms with Crippen molar-refractivity contribution in [3.63, 3.8) is 0 Å². The number of aromatic nitrogens is 3. The van der Waals surface area contributed by atoms with Gasteiger partial charge in [0.05, 0.1) is 24.8 Å². The topological polar surface area (TPSA) is 86.1 Å². The Labute approximate surface area is 186 Å². The SMILES string of the molecule is COc1ccc(C(=O)CSc2nnc(CC(=O)Nc3cccc(C(F)(F)F)c3)n2C)cc1. The van der Waals surface area contributed by atoms with Crippen LogP contribution in [0.2, 0.25) is 0 Å². The predicted octanol–water partition coefficient (Wildman–Crippen LogP) is 4.00. The van der Waals surface area contributed by atoms with Crippen molar-refractivity contribution in [1.29, 1.82) is 0 Å². The van der Waals surface area contributed by atoms with Gasteiger partial charge in [0, 0.05) is 18.3 Å². The number of hydrogen-bond donors (Lipinski definition) is 1. The molecule has 2 aromatic carbocycles. The van der Waals surface area contributed by atoms with Crippen molar-refractivity contribution in [3.8, 4) is 5.75 Å². The van der Waals surface area contributed by atoms with Crippen molar-refractivity contribution in [2.75, 3.05) is 18.2 Å². The fourth-order valence-corrected chi connectivity index (χ4v) is 3.56. The maximum absolute atomic E-state index is 12.8. The molecule has 0 aliphatic carbocycles. The molecule has 0 bridgehead atoms. The highest BCUT2D eigenvalue weighted by Gasteiger charge is 2.30. The lowest BCUT2D eigenvalue weighted by molar-refractivity contribution is -0.137. The van der Waals surface area contributed by atoms with E-state index in [1.165, 1.54) is 31.0 Å². The maximum atomic E-state index is 12.8. The molecular formula is C21H19F3N4O3S. The van der Waals surface area contributed by atoms with Crippen LogP contribution in [0.4, 0.5) is 18.9 Å². The Balaban J connectivity index is 1.58. The Hall–Kier alpha value is -3.34. The number of thioether (sulfide) groups is 1. The summed E-state index contributed by atoms with van der Waals surface area (Å²) in [5.41, 5.74) is -0.290. The number of hydrogen-bond acceptors (Lipinski definition) is 6. The molecule has 0 saturated heterocycles. The van der Waals surface area contributed by atoms with Gasteiger partial charge in [0.2, 0.25) is 5.91 Å². The molecule has 3 rings (SSSR count). The van der Waals surface area contributed by atoms with Crippen LogP contribution in [0.1, 0.15) is 21.7 Å². The molecule has 7 nitrogen and oxygen atoms in total. The van der Waals surface area contributed by atoms with Crippen LogP contribution in [0.5, 0.6) is 5.75 Å². The molecule has 0 fully saturated rings. The van der Waals surface area contributed by atoms with Crippen molar-refractivity contribution in [2.45, 2.75) is 17.8 Å². The molecule has 1 aromatic heterocycles. The first-order valence-corrected chi connectivity index (χ1v) is 10.3. The minimum atomic E-state index is -4.50. The van der Waals surface area contributed by atoms with Crippen LogP contribution in [0.25, 0.3) is 0 Å². The lowest BCUT2D eigenvalue weighted by Crippen LogP contribution is -2.17. The first kappa shape index (κ1) is 23.3. The monoisotopic (exact) mass is 464 g/mol. The molecule has 1 amide bonds. The minimum absolute atomic E-state index is 0.0340. The van der Waals surface area contributed by atoms with Gasteiger partial charge in [0.15, 0.2) is 10.9 Å². The summed E-state index contributed by atoms with van der Waals surface area (Å²) in [5.74, 6) is 0.439. The van der Waals surface area contributed by atoms with Crippen LogP contribution in [-0.2, 0) is 24.4 Å². The van der Waals surface area contributed by atoms with E-state index in [4.69, 9.17) is 4.74 Å². The Morgan fingerprint density at radius 1 is 1.12 bits per heavy atom. The highest BCUT2D eigenvalue weighted by Crippen LogP contribution is 2.30. The van der Waals surface area contributed by atoms with E-state index in [9.17, 15) is 22.8 Å². The summed E-state index contributed by atoms with van der Waals surface area (Å²) in [5, 5.41) is 10.8. The first-order valence-electron chi connectivity index (χ1n) is 9.33. The summed E-state index contributed by atoms with van der Waals surface area (Å²) in [7, 11) is 3.19. The van der Waals surface area contributed by atoms with E-state index in [0.717, 1.165) is 12.1 Å². The van der Waals surface area contributed by atoms with E-state index in [1.54, 1.807) is 35.9 Å². The number of nitrogens with zero attached hydrogens (tertiary/aromatic N) is 3. The molecule has 0 aliphatic rings. The third-order valence-corrected chi connectivity index (χ3v) is 5.48. The van der Waals surface area contributed by atoms with Gasteiger partial charge in [-0.15, -0.1) is 10.2 Å². The number of ether oxygens (including phenoxy) is 1. The number of Topliss-reactive ketones (excluding diaryl/α,β-unsaturated/α-hetero) is 1. The molecule has 168 valence electrons.